The highest BCUT2D eigenvalue weighted by atomic mass is 35.5. The van der Waals surface area contributed by atoms with Crippen LogP contribution in [-0.4, -0.2) is 41.3 Å². The van der Waals surface area contributed by atoms with Gasteiger partial charge in [0.1, 0.15) is 0 Å². The lowest BCUT2D eigenvalue weighted by atomic mass is 10.0. The van der Waals surface area contributed by atoms with Crippen LogP contribution in [0.1, 0.15) is 27.0 Å². The summed E-state index contributed by atoms with van der Waals surface area (Å²) in [6.45, 7) is 0. The van der Waals surface area contributed by atoms with Gasteiger partial charge >= 0.3 is 0 Å². The maximum atomic E-state index is 12.5. The van der Waals surface area contributed by atoms with Gasteiger partial charge in [-0.15, -0.1) is 0 Å². The number of hydrogen-bond donors (Lipinski definition) is 0. The van der Waals surface area contributed by atoms with Crippen LogP contribution in [0.4, 0.5) is 0 Å². The van der Waals surface area contributed by atoms with Crippen molar-refractivity contribution in [2.45, 2.75) is 6.42 Å². The Morgan fingerprint density at radius 2 is 1.33 bits per heavy atom. The van der Waals surface area contributed by atoms with Crippen molar-refractivity contribution in [2.24, 2.45) is 0 Å². The molecule has 0 amide bonds. The Balaban J connectivity index is 1.93. The maximum absolute atomic E-state index is 12.5. The number of halogens is 1. The average Bonchev–Trinajstić information content (AvgIpc) is 2.91. The minimum absolute atomic E-state index is 0.0957. The number of methoxy groups -OCH3 is 5. The molecular formula is C29H29ClO6. The van der Waals surface area contributed by atoms with Crippen molar-refractivity contribution in [3.8, 4) is 28.7 Å². The summed E-state index contributed by atoms with van der Waals surface area (Å²) in [6, 6.07) is 14.3. The summed E-state index contributed by atoms with van der Waals surface area (Å²) < 4.78 is 27.3. The second kappa shape index (κ2) is 12.7. The molecule has 0 heterocycles. The number of ketones is 1. The Kier molecular flexibility index (Phi) is 9.42. The van der Waals surface area contributed by atoms with E-state index in [2.05, 4.69) is 0 Å². The highest BCUT2D eigenvalue weighted by Crippen LogP contribution is 2.39. The molecular weight excluding hydrogens is 480 g/mol. The van der Waals surface area contributed by atoms with Crippen molar-refractivity contribution >= 4 is 29.5 Å². The predicted octanol–water partition coefficient (Wildman–Crippen LogP) is 6.54. The van der Waals surface area contributed by atoms with Gasteiger partial charge in [-0.1, -0.05) is 29.8 Å². The zero-order valence-corrected chi connectivity index (χ0v) is 21.7. The molecule has 188 valence electrons. The topological polar surface area (TPSA) is 63.2 Å². The molecule has 0 radical (unpaired) electrons. The minimum atomic E-state index is -0.0957. The number of rotatable bonds is 11. The Morgan fingerprint density at radius 3 is 1.89 bits per heavy atom. The van der Waals surface area contributed by atoms with Crippen LogP contribution in [0.25, 0.3) is 12.2 Å². The first-order valence-electron chi connectivity index (χ1n) is 11.1. The van der Waals surface area contributed by atoms with Gasteiger partial charge in [0.25, 0.3) is 0 Å². The second-order valence-electron chi connectivity index (χ2n) is 7.68. The molecule has 0 bridgehead atoms. The predicted molar refractivity (Wildman–Crippen MR) is 143 cm³/mol. The van der Waals surface area contributed by atoms with Gasteiger partial charge in [-0.3, -0.25) is 4.79 Å². The smallest absolute Gasteiger partial charge is 0.203 e. The van der Waals surface area contributed by atoms with Gasteiger partial charge in [-0.2, -0.15) is 0 Å². The van der Waals surface area contributed by atoms with Crippen molar-refractivity contribution in [3.05, 3.63) is 88.0 Å². The molecule has 0 aliphatic heterocycles. The van der Waals surface area contributed by atoms with Crippen LogP contribution in [0.3, 0.4) is 0 Å². The van der Waals surface area contributed by atoms with Crippen LogP contribution in [0.15, 0.2) is 60.7 Å². The molecule has 7 heteroatoms. The number of benzene rings is 3. The summed E-state index contributed by atoms with van der Waals surface area (Å²) in [6.07, 6.45) is 7.81. The van der Waals surface area contributed by atoms with Crippen molar-refractivity contribution in [1.82, 2.24) is 0 Å². The molecule has 0 unspecified atom stereocenters. The molecule has 36 heavy (non-hydrogen) atoms. The molecule has 0 aliphatic carbocycles. The Bertz CT molecular complexity index is 1240. The van der Waals surface area contributed by atoms with E-state index in [9.17, 15) is 4.79 Å². The highest BCUT2D eigenvalue weighted by Gasteiger charge is 2.13. The first kappa shape index (κ1) is 26.7. The first-order valence-corrected chi connectivity index (χ1v) is 11.5. The highest BCUT2D eigenvalue weighted by molar-refractivity contribution is 6.30. The number of carbonyl (C=O) groups is 1. The normalized spacial score (nSPS) is 11.1. The third kappa shape index (κ3) is 6.40. The third-order valence-corrected chi connectivity index (χ3v) is 5.78. The number of allylic oxidation sites excluding steroid dienone is 2. The molecule has 0 saturated heterocycles. The van der Waals surface area contributed by atoms with Crippen molar-refractivity contribution < 1.29 is 28.5 Å². The lowest BCUT2D eigenvalue weighted by Gasteiger charge is -2.14. The van der Waals surface area contributed by atoms with Gasteiger partial charge < -0.3 is 23.7 Å². The van der Waals surface area contributed by atoms with E-state index in [4.69, 9.17) is 35.3 Å². The van der Waals surface area contributed by atoms with Gasteiger partial charge in [0.2, 0.25) is 5.75 Å². The lowest BCUT2D eigenvalue weighted by molar-refractivity contribution is 0.104. The van der Waals surface area contributed by atoms with E-state index in [1.165, 1.54) is 0 Å². The van der Waals surface area contributed by atoms with Gasteiger partial charge in [-0.05, 0) is 77.7 Å². The maximum Gasteiger partial charge on any atom is 0.203 e. The average molecular weight is 509 g/mol. The quantitative estimate of drug-likeness (QED) is 0.166. The number of ether oxygens (including phenoxy) is 5. The zero-order valence-electron chi connectivity index (χ0n) is 21.0. The van der Waals surface area contributed by atoms with E-state index in [0.29, 0.717) is 45.8 Å². The summed E-state index contributed by atoms with van der Waals surface area (Å²) in [4.78, 5) is 12.5. The number of carbonyl (C=O) groups excluding carboxylic acids is 1. The SMILES string of the molecule is COc1cc(/C=C\c2cc(OC)c(OC)c(OC)c2)c(C/C=C\C(=O)c2ccc(Cl)cc2)cc1OC. The molecule has 0 saturated carbocycles. The molecule has 3 rings (SSSR count). The Labute approximate surface area is 216 Å². The van der Waals surface area contributed by atoms with Crippen LogP contribution < -0.4 is 23.7 Å². The summed E-state index contributed by atoms with van der Waals surface area (Å²) in [5.74, 6) is 2.77. The van der Waals surface area contributed by atoms with E-state index in [1.54, 1.807) is 65.9 Å². The summed E-state index contributed by atoms with van der Waals surface area (Å²) >= 11 is 5.92. The van der Waals surface area contributed by atoms with Crippen molar-refractivity contribution in [3.63, 3.8) is 0 Å². The van der Waals surface area contributed by atoms with E-state index < -0.39 is 0 Å². The Hall–Kier alpha value is -3.90. The zero-order chi connectivity index (χ0) is 26.1. The van der Waals surface area contributed by atoms with E-state index in [1.807, 2.05) is 42.5 Å². The summed E-state index contributed by atoms with van der Waals surface area (Å²) in [5.41, 5.74) is 3.30. The molecule has 3 aromatic carbocycles. The molecule has 0 fully saturated rings. The minimum Gasteiger partial charge on any atom is -0.493 e. The fourth-order valence-electron chi connectivity index (χ4n) is 3.66. The third-order valence-electron chi connectivity index (χ3n) is 5.52. The monoisotopic (exact) mass is 508 g/mol. The van der Waals surface area contributed by atoms with E-state index in [-0.39, 0.29) is 5.78 Å². The second-order valence-corrected chi connectivity index (χ2v) is 8.11. The van der Waals surface area contributed by atoms with Crippen LogP contribution in [-0.2, 0) is 6.42 Å². The molecule has 0 atom stereocenters. The van der Waals surface area contributed by atoms with Crippen LogP contribution in [0.5, 0.6) is 28.7 Å². The van der Waals surface area contributed by atoms with Crippen molar-refractivity contribution in [1.29, 1.82) is 0 Å². The van der Waals surface area contributed by atoms with Crippen LogP contribution in [0, 0.1) is 0 Å². The summed E-state index contributed by atoms with van der Waals surface area (Å²) in [7, 11) is 7.91. The molecule has 0 aliphatic rings. The summed E-state index contributed by atoms with van der Waals surface area (Å²) in [5, 5.41) is 0.587. The standard InChI is InChI=1S/C29H29ClO6/c1-32-25-17-21(7-6-8-24(31)20-11-13-23(30)14-12-20)22(18-26(25)33-2)10-9-19-15-27(34-3)29(36-5)28(16-19)35-4/h6,8-18H,7H2,1-5H3/b8-6-,10-9-. The molecule has 6 nitrogen and oxygen atoms in total. The van der Waals surface area contributed by atoms with E-state index >= 15 is 0 Å². The first-order chi connectivity index (χ1) is 17.4. The van der Waals surface area contributed by atoms with Gasteiger partial charge in [0.05, 0.1) is 35.5 Å². The van der Waals surface area contributed by atoms with Crippen LogP contribution in [0.2, 0.25) is 5.02 Å². The molecule has 0 aromatic heterocycles. The fraction of sp³-hybridized carbons (Fsp3) is 0.207. The number of hydrogen-bond acceptors (Lipinski definition) is 6. The largest absolute Gasteiger partial charge is 0.493 e. The van der Waals surface area contributed by atoms with Gasteiger partial charge in [0, 0.05) is 10.6 Å². The van der Waals surface area contributed by atoms with E-state index in [0.717, 1.165) is 16.7 Å². The van der Waals surface area contributed by atoms with Gasteiger partial charge in [0.15, 0.2) is 28.8 Å². The van der Waals surface area contributed by atoms with Gasteiger partial charge in [-0.25, -0.2) is 0 Å². The molecule has 0 spiro atoms. The fourth-order valence-corrected chi connectivity index (χ4v) is 3.78. The Morgan fingerprint density at radius 1 is 0.750 bits per heavy atom. The van der Waals surface area contributed by atoms with Crippen LogP contribution >= 0.6 is 11.6 Å². The van der Waals surface area contributed by atoms with Crippen molar-refractivity contribution in [2.75, 3.05) is 35.5 Å². The molecule has 3 aromatic rings. The molecule has 0 N–H and O–H groups in total. The lowest BCUT2D eigenvalue weighted by Crippen LogP contribution is -1.97.